The zero-order chi connectivity index (χ0) is 19.7. The van der Waals surface area contributed by atoms with E-state index >= 15 is 0 Å². The minimum Gasteiger partial charge on any atom is -0.496 e. The van der Waals surface area contributed by atoms with Gasteiger partial charge in [-0.2, -0.15) is 4.98 Å². The number of nitrogens with zero attached hydrogens (tertiary/aromatic N) is 3. The molecule has 1 aromatic carbocycles. The van der Waals surface area contributed by atoms with E-state index in [1.165, 1.54) is 0 Å². The highest BCUT2D eigenvalue weighted by atomic mass is 16.5. The number of nitrogens with one attached hydrogen (secondary N) is 2. The molecule has 2 aromatic heterocycles. The van der Waals surface area contributed by atoms with E-state index in [0.29, 0.717) is 42.6 Å². The number of H-pyrrole nitrogens is 1. The number of imidazole rings is 1. The van der Waals surface area contributed by atoms with E-state index in [9.17, 15) is 4.79 Å². The average Bonchev–Trinajstić information content (AvgIpc) is 3.29. The molecule has 0 fully saturated rings. The molecule has 1 unspecified atom stereocenters. The average molecular weight is 381 g/mol. The molecule has 1 aliphatic heterocycles. The quantitative estimate of drug-likeness (QED) is 0.704. The third-order valence-electron chi connectivity index (χ3n) is 4.88. The van der Waals surface area contributed by atoms with Crippen molar-refractivity contribution in [1.82, 2.24) is 25.4 Å². The number of carbonyl (C=O) groups is 1. The minimum atomic E-state index is -0.175. The van der Waals surface area contributed by atoms with Crippen LogP contribution in [-0.4, -0.2) is 39.7 Å². The van der Waals surface area contributed by atoms with E-state index in [4.69, 9.17) is 9.26 Å². The monoisotopic (exact) mass is 381 g/mol. The number of aromatic nitrogens is 4. The molecule has 0 saturated heterocycles. The lowest BCUT2D eigenvalue weighted by Crippen LogP contribution is -2.26. The van der Waals surface area contributed by atoms with Crippen molar-refractivity contribution in [2.24, 2.45) is 0 Å². The van der Waals surface area contributed by atoms with Gasteiger partial charge in [0.15, 0.2) is 5.82 Å². The lowest BCUT2D eigenvalue weighted by molar-refractivity contribution is 0.0950. The molecule has 28 heavy (non-hydrogen) atoms. The molecule has 0 saturated carbocycles. The number of benzene rings is 1. The Bertz CT molecular complexity index is 991. The van der Waals surface area contributed by atoms with Gasteiger partial charge < -0.3 is 19.6 Å². The van der Waals surface area contributed by atoms with Crippen molar-refractivity contribution < 1.29 is 14.1 Å². The van der Waals surface area contributed by atoms with Crippen LogP contribution >= 0.6 is 0 Å². The molecule has 0 bridgehead atoms. The summed E-state index contributed by atoms with van der Waals surface area (Å²) in [4.78, 5) is 24.7. The molecule has 2 N–H and O–H groups in total. The second kappa shape index (κ2) is 7.46. The van der Waals surface area contributed by atoms with Gasteiger partial charge in [-0.25, -0.2) is 4.98 Å². The van der Waals surface area contributed by atoms with Crippen molar-refractivity contribution in [3.63, 3.8) is 0 Å². The van der Waals surface area contributed by atoms with E-state index in [0.717, 1.165) is 17.0 Å². The summed E-state index contributed by atoms with van der Waals surface area (Å²) in [6.07, 6.45) is 1.04. The Morgan fingerprint density at radius 3 is 2.86 bits per heavy atom. The fraction of sp³-hybridized carbons (Fsp3) is 0.400. The molecule has 8 nitrogen and oxygen atoms in total. The second-order valence-electron chi connectivity index (χ2n) is 7.24. The summed E-state index contributed by atoms with van der Waals surface area (Å²) in [5.41, 5.74) is 2.31. The molecular weight excluding hydrogens is 358 g/mol. The van der Waals surface area contributed by atoms with Gasteiger partial charge in [-0.1, -0.05) is 37.2 Å². The molecule has 1 atom stereocenters. The van der Waals surface area contributed by atoms with Crippen LogP contribution in [0.5, 0.6) is 5.75 Å². The van der Waals surface area contributed by atoms with Gasteiger partial charge in [0.25, 0.3) is 5.91 Å². The minimum absolute atomic E-state index is 0.0902. The molecule has 3 heterocycles. The van der Waals surface area contributed by atoms with Gasteiger partial charge in [0.05, 0.1) is 13.5 Å². The lowest BCUT2D eigenvalue weighted by Gasteiger charge is -2.17. The molecule has 146 valence electrons. The fourth-order valence-corrected chi connectivity index (χ4v) is 3.45. The van der Waals surface area contributed by atoms with Crippen molar-refractivity contribution in [3.05, 3.63) is 58.8 Å². The van der Waals surface area contributed by atoms with Crippen LogP contribution in [0, 0.1) is 0 Å². The predicted molar refractivity (Wildman–Crippen MR) is 102 cm³/mol. The summed E-state index contributed by atoms with van der Waals surface area (Å²) in [6.45, 7) is 4.52. The number of fused-ring (bicyclic) bond motifs is 1. The smallest absolute Gasteiger partial charge is 0.271 e. The molecule has 0 spiro atoms. The summed E-state index contributed by atoms with van der Waals surface area (Å²) < 4.78 is 10.7. The fourth-order valence-electron chi connectivity index (χ4n) is 3.45. The Labute approximate surface area is 162 Å². The van der Waals surface area contributed by atoms with Crippen LogP contribution in [0.15, 0.2) is 28.8 Å². The van der Waals surface area contributed by atoms with Crippen LogP contribution in [0.1, 0.15) is 65.0 Å². The summed E-state index contributed by atoms with van der Waals surface area (Å²) in [5.74, 6) is 2.70. The third kappa shape index (κ3) is 3.49. The Hall–Kier alpha value is -3.16. The van der Waals surface area contributed by atoms with Crippen molar-refractivity contribution in [1.29, 1.82) is 0 Å². The van der Waals surface area contributed by atoms with E-state index in [1.807, 2.05) is 38.1 Å². The van der Waals surface area contributed by atoms with Gasteiger partial charge in [-0.3, -0.25) is 4.79 Å². The largest absolute Gasteiger partial charge is 0.496 e. The molecular formula is C20H23N5O3. The van der Waals surface area contributed by atoms with Crippen molar-refractivity contribution >= 4 is 5.91 Å². The van der Waals surface area contributed by atoms with E-state index in [1.54, 1.807) is 7.11 Å². The van der Waals surface area contributed by atoms with Crippen LogP contribution < -0.4 is 10.1 Å². The number of amides is 1. The number of ether oxygens (including phenoxy) is 1. The first-order chi connectivity index (χ1) is 13.5. The first kappa shape index (κ1) is 18.2. The van der Waals surface area contributed by atoms with Crippen molar-refractivity contribution in [3.8, 4) is 5.75 Å². The maximum absolute atomic E-state index is 12.5. The summed E-state index contributed by atoms with van der Waals surface area (Å²) in [7, 11) is 1.66. The predicted octanol–water partition coefficient (Wildman–Crippen LogP) is 2.59. The standard InChI is InChI=1S/C20H23N5O3/c1-11(2)20-24-17(25-28-20)9-16-22-14-8-12(10-21-19(26)18(14)23-16)13-6-4-5-7-15(13)27-3/h4-7,11-12H,8-10H2,1-3H3,(H,21,26)(H,22,23). The number of para-hydroxylation sites is 1. The molecule has 4 rings (SSSR count). The van der Waals surface area contributed by atoms with Crippen molar-refractivity contribution in [2.45, 2.75) is 38.5 Å². The van der Waals surface area contributed by atoms with Gasteiger partial charge in [0.1, 0.15) is 17.3 Å². The van der Waals surface area contributed by atoms with Crippen LogP contribution in [0.25, 0.3) is 0 Å². The Balaban J connectivity index is 1.60. The Morgan fingerprint density at radius 2 is 2.11 bits per heavy atom. The summed E-state index contributed by atoms with van der Waals surface area (Å²) in [5, 5.41) is 6.97. The van der Waals surface area contributed by atoms with Gasteiger partial charge in [-0.15, -0.1) is 0 Å². The van der Waals surface area contributed by atoms with Crippen LogP contribution in [-0.2, 0) is 12.8 Å². The number of hydrogen-bond acceptors (Lipinski definition) is 6. The highest BCUT2D eigenvalue weighted by Gasteiger charge is 2.28. The molecule has 1 aliphatic rings. The van der Waals surface area contributed by atoms with Crippen LogP contribution in [0.4, 0.5) is 0 Å². The SMILES string of the molecule is COc1ccccc1C1CNC(=O)c2nc(Cc3noc(C(C)C)n3)[nH]c2C1. The summed E-state index contributed by atoms with van der Waals surface area (Å²) >= 11 is 0. The van der Waals surface area contributed by atoms with Crippen LogP contribution in [0.3, 0.4) is 0 Å². The first-order valence-electron chi connectivity index (χ1n) is 9.36. The van der Waals surface area contributed by atoms with E-state index < -0.39 is 0 Å². The normalized spacial score (nSPS) is 16.6. The number of rotatable bonds is 5. The molecule has 8 heteroatoms. The maximum atomic E-state index is 12.5. The highest BCUT2D eigenvalue weighted by Crippen LogP contribution is 2.30. The highest BCUT2D eigenvalue weighted by molar-refractivity contribution is 5.94. The number of hydrogen-bond donors (Lipinski definition) is 2. The Morgan fingerprint density at radius 1 is 1.29 bits per heavy atom. The van der Waals surface area contributed by atoms with Crippen LogP contribution in [0.2, 0.25) is 0 Å². The number of aromatic amines is 1. The number of methoxy groups -OCH3 is 1. The third-order valence-corrected chi connectivity index (χ3v) is 4.88. The van der Waals surface area contributed by atoms with Gasteiger partial charge >= 0.3 is 0 Å². The molecule has 1 amide bonds. The Kier molecular flexibility index (Phi) is 4.85. The zero-order valence-electron chi connectivity index (χ0n) is 16.2. The molecule has 0 aliphatic carbocycles. The van der Waals surface area contributed by atoms with Crippen molar-refractivity contribution in [2.75, 3.05) is 13.7 Å². The maximum Gasteiger partial charge on any atom is 0.271 e. The van der Waals surface area contributed by atoms with Gasteiger partial charge in [-0.05, 0) is 18.1 Å². The lowest BCUT2D eigenvalue weighted by atomic mass is 9.93. The zero-order valence-corrected chi connectivity index (χ0v) is 16.2. The van der Waals surface area contributed by atoms with E-state index in [2.05, 4.69) is 25.4 Å². The number of carbonyl (C=O) groups excluding carboxylic acids is 1. The molecule has 3 aromatic rings. The summed E-state index contributed by atoms with van der Waals surface area (Å²) in [6, 6.07) is 7.88. The first-order valence-corrected chi connectivity index (χ1v) is 9.36. The topological polar surface area (TPSA) is 106 Å². The van der Waals surface area contributed by atoms with Gasteiger partial charge in [0.2, 0.25) is 5.89 Å². The van der Waals surface area contributed by atoms with E-state index in [-0.39, 0.29) is 17.7 Å². The second-order valence-corrected chi connectivity index (χ2v) is 7.24. The van der Waals surface area contributed by atoms with Gasteiger partial charge in [0, 0.05) is 24.1 Å². The molecule has 0 radical (unpaired) electrons.